The molecule has 0 unspecified atom stereocenters. The van der Waals surface area contributed by atoms with E-state index in [1.165, 1.54) is 5.69 Å². The summed E-state index contributed by atoms with van der Waals surface area (Å²) >= 11 is 0. The van der Waals surface area contributed by atoms with E-state index >= 15 is 0 Å². The van der Waals surface area contributed by atoms with E-state index in [4.69, 9.17) is 14.2 Å². The van der Waals surface area contributed by atoms with Gasteiger partial charge in [0.05, 0.1) is 41.6 Å². The normalized spacial score (nSPS) is 23.7. The number of morpholine rings is 1. The van der Waals surface area contributed by atoms with Crippen LogP contribution in [0, 0.1) is 16.7 Å². The van der Waals surface area contributed by atoms with Crippen molar-refractivity contribution in [1.29, 1.82) is 5.26 Å². The Balaban J connectivity index is 1.10. The standard InChI is InChI=1S/C30H43N5O5/c1-29(2,3)40-28(37)35-10-7-30(8-11-35)21-24(39-27(30)36)6-9-32-12-14-33(15-13-32)25-5-4-23(22-31)20-26(25)34-16-18-38-19-17-34/h4-5,20,24H,6-19,21H2,1-3H3/t24-/m0/s1. The first-order valence-corrected chi connectivity index (χ1v) is 14.7. The predicted molar refractivity (Wildman–Crippen MR) is 151 cm³/mol. The lowest BCUT2D eigenvalue weighted by molar-refractivity contribution is -0.151. The summed E-state index contributed by atoms with van der Waals surface area (Å²) in [5.74, 6) is -0.0948. The third kappa shape index (κ3) is 6.47. The van der Waals surface area contributed by atoms with Crippen molar-refractivity contribution in [2.24, 2.45) is 5.41 Å². The summed E-state index contributed by atoms with van der Waals surface area (Å²) in [6.45, 7) is 14.4. The SMILES string of the molecule is CC(C)(C)OC(=O)N1CCC2(CC1)C[C@H](CCN1CCN(c3ccc(C#N)cc3N3CCOCC3)CC1)OC2=O. The first-order valence-electron chi connectivity index (χ1n) is 14.7. The molecule has 218 valence electrons. The maximum atomic E-state index is 12.9. The number of nitrogens with zero attached hydrogens (tertiary/aromatic N) is 5. The monoisotopic (exact) mass is 553 g/mol. The Morgan fingerprint density at radius 2 is 1.70 bits per heavy atom. The zero-order valence-corrected chi connectivity index (χ0v) is 24.2. The average Bonchev–Trinajstić information content (AvgIpc) is 3.25. The van der Waals surface area contributed by atoms with Crippen molar-refractivity contribution in [1.82, 2.24) is 9.80 Å². The van der Waals surface area contributed by atoms with E-state index in [-0.39, 0.29) is 18.2 Å². The summed E-state index contributed by atoms with van der Waals surface area (Å²) < 4.78 is 16.9. The van der Waals surface area contributed by atoms with Gasteiger partial charge in [-0.15, -0.1) is 0 Å². The molecule has 0 saturated carbocycles. The summed E-state index contributed by atoms with van der Waals surface area (Å²) in [5, 5.41) is 9.45. The van der Waals surface area contributed by atoms with Crippen molar-refractivity contribution in [3.8, 4) is 6.07 Å². The second kappa shape index (κ2) is 11.8. The van der Waals surface area contributed by atoms with Gasteiger partial charge in [-0.1, -0.05) is 0 Å². The number of likely N-dealkylation sites (tertiary alicyclic amines) is 1. The van der Waals surface area contributed by atoms with Gasteiger partial charge in [0.2, 0.25) is 0 Å². The minimum Gasteiger partial charge on any atom is -0.462 e. The quantitative estimate of drug-likeness (QED) is 0.509. The smallest absolute Gasteiger partial charge is 0.410 e. The molecule has 40 heavy (non-hydrogen) atoms. The molecule has 1 aromatic rings. The molecule has 1 aromatic carbocycles. The van der Waals surface area contributed by atoms with Crippen LogP contribution in [0.2, 0.25) is 0 Å². The molecule has 1 amide bonds. The molecule has 4 aliphatic rings. The Labute approximate surface area is 237 Å². The number of carbonyl (C=O) groups is 2. The Hall–Kier alpha value is -3.03. The van der Waals surface area contributed by atoms with E-state index in [0.29, 0.717) is 44.7 Å². The second-order valence-corrected chi connectivity index (χ2v) is 12.5. The van der Waals surface area contributed by atoms with Gasteiger partial charge in [0, 0.05) is 65.3 Å². The number of hydrogen-bond donors (Lipinski definition) is 0. The third-order valence-electron chi connectivity index (χ3n) is 8.63. The number of cyclic esters (lactones) is 1. The van der Waals surface area contributed by atoms with Crippen LogP contribution in [-0.2, 0) is 19.0 Å². The number of carbonyl (C=O) groups excluding carboxylic acids is 2. The summed E-state index contributed by atoms with van der Waals surface area (Å²) in [6, 6.07) is 8.29. The van der Waals surface area contributed by atoms with Crippen LogP contribution < -0.4 is 9.80 Å². The van der Waals surface area contributed by atoms with Gasteiger partial charge in [0.15, 0.2) is 0 Å². The lowest BCUT2D eigenvalue weighted by Gasteiger charge is -2.39. The summed E-state index contributed by atoms with van der Waals surface area (Å²) in [6.07, 6.45) is 2.47. The van der Waals surface area contributed by atoms with Crippen LogP contribution in [0.1, 0.15) is 52.0 Å². The summed E-state index contributed by atoms with van der Waals surface area (Å²) in [5.41, 5.74) is 2.00. The van der Waals surface area contributed by atoms with Gasteiger partial charge in [-0.25, -0.2) is 4.79 Å². The summed E-state index contributed by atoms with van der Waals surface area (Å²) in [4.78, 5) is 34.3. The van der Waals surface area contributed by atoms with E-state index in [9.17, 15) is 14.9 Å². The maximum absolute atomic E-state index is 12.9. The van der Waals surface area contributed by atoms with Crippen molar-refractivity contribution < 1.29 is 23.8 Å². The topological polar surface area (TPSA) is 98.6 Å². The average molecular weight is 554 g/mol. The number of anilines is 2. The second-order valence-electron chi connectivity index (χ2n) is 12.5. The summed E-state index contributed by atoms with van der Waals surface area (Å²) in [7, 11) is 0. The highest BCUT2D eigenvalue weighted by molar-refractivity contribution is 5.80. The highest BCUT2D eigenvalue weighted by Crippen LogP contribution is 2.44. The van der Waals surface area contributed by atoms with Gasteiger partial charge < -0.3 is 28.9 Å². The van der Waals surface area contributed by atoms with E-state index < -0.39 is 11.0 Å². The van der Waals surface area contributed by atoms with E-state index in [1.807, 2.05) is 32.9 Å². The van der Waals surface area contributed by atoms with Gasteiger partial charge in [-0.05, 0) is 58.2 Å². The van der Waals surface area contributed by atoms with Gasteiger partial charge in [-0.3, -0.25) is 9.69 Å². The number of nitriles is 1. The molecule has 0 N–H and O–H groups in total. The lowest BCUT2D eigenvalue weighted by Crippen LogP contribution is -2.48. The minimum atomic E-state index is -0.526. The molecule has 4 fully saturated rings. The van der Waals surface area contributed by atoms with Crippen LogP contribution in [-0.4, -0.2) is 106 Å². The van der Waals surface area contributed by atoms with Crippen molar-refractivity contribution >= 4 is 23.4 Å². The van der Waals surface area contributed by atoms with E-state index in [1.54, 1.807) is 4.90 Å². The molecule has 0 aliphatic carbocycles. The predicted octanol–water partition coefficient (Wildman–Crippen LogP) is 3.24. The third-order valence-corrected chi connectivity index (χ3v) is 8.63. The number of piperidine rings is 1. The molecule has 10 heteroatoms. The number of ether oxygens (including phenoxy) is 3. The van der Waals surface area contributed by atoms with Gasteiger partial charge in [-0.2, -0.15) is 5.26 Å². The Morgan fingerprint density at radius 1 is 1.02 bits per heavy atom. The molecule has 4 saturated heterocycles. The highest BCUT2D eigenvalue weighted by Gasteiger charge is 2.51. The van der Waals surface area contributed by atoms with Crippen molar-refractivity contribution in [2.75, 3.05) is 81.9 Å². The molecule has 1 atom stereocenters. The van der Waals surface area contributed by atoms with Crippen molar-refractivity contribution in [3.63, 3.8) is 0 Å². The van der Waals surface area contributed by atoms with Crippen LogP contribution in [0.4, 0.5) is 16.2 Å². The first kappa shape index (κ1) is 28.5. The first-order chi connectivity index (χ1) is 19.2. The van der Waals surface area contributed by atoms with Crippen LogP contribution in [0.25, 0.3) is 0 Å². The molecule has 10 nitrogen and oxygen atoms in total. The zero-order valence-electron chi connectivity index (χ0n) is 24.2. The molecule has 4 heterocycles. The van der Waals surface area contributed by atoms with E-state index in [0.717, 1.165) is 64.3 Å². The van der Waals surface area contributed by atoms with E-state index in [2.05, 4.69) is 26.8 Å². The molecular weight excluding hydrogens is 510 g/mol. The number of piperazine rings is 1. The number of amides is 1. The lowest BCUT2D eigenvalue weighted by atomic mass is 9.76. The number of hydrogen-bond acceptors (Lipinski definition) is 9. The van der Waals surface area contributed by atoms with Gasteiger partial charge in [0.25, 0.3) is 0 Å². The molecule has 0 radical (unpaired) electrons. The Kier molecular flexibility index (Phi) is 8.43. The fourth-order valence-corrected chi connectivity index (χ4v) is 6.31. The van der Waals surface area contributed by atoms with Crippen LogP contribution in [0.3, 0.4) is 0 Å². The zero-order chi connectivity index (χ0) is 28.3. The van der Waals surface area contributed by atoms with Crippen molar-refractivity contribution in [3.05, 3.63) is 23.8 Å². The number of esters is 1. The van der Waals surface area contributed by atoms with Gasteiger partial charge >= 0.3 is 12.1 Å². The molecular formula is C30H43N5O5. The molecule has 0 bridgehead atoms. The minimum absolute atomic E-state index is 0.0648. The van der Waals surface area contributed by atoms with Crippen LogP contribution in [0.15, 0.2) is 18.2 Å². The fraction of sp³-hybridized carbons (Fsp3) is 0.700. The molecule has 4 aliphatic heterocycles. The Morgan fingerprint density at radius 3 is 2.35 bits per heavy atom. The molecule has 5 rings (SSSR count). The number of benzene rings is 1. The van der Waals surface area contributed by atoms with Gasteiger partial charge in [0.1, 0.15) is 11.7 Å². The maximum Gasteiger partial charge on any atom is 0.410 e. The Bertz CT molecular complexity index is 1110. The fourth-order valence-electron chi connectivity index (χ4n) is 6.31. The number of rotatable bonds is 5. The highest BCUT2D eigenvalue weighted by atomic mass is 16.6. The largest absolute Gasteiger partial charge is 0.462 e. The molecule has 1 spiro atoms. The van der Waals surface area contributed by atoms with Crippen LogP contribution in [0.5, 0.6) is 0 Å². The van der Waals surface area contributed by atoms with Crippen LogP contribution >= 0.6 is 0 Å². The molecule has 0 aromatic heterocycles. The van der Waals surface area contributed by atoms with Crippen molar-refractivity contribution in [2.45, 2.75) is 58.2 Å².